The topological polar surface area (TPSA) is 61.8 Å². The van der Waals surface area contributed by atoms with Crippen molar-refractivity contribution in [3.63, 3.8) is 0 Å². The van der Waals surface area contributed by atoms with Gasteiger partial charge >= 0.3 is 0 Å². The van der Waals surface area contributed by atoms with Crippen LogP contribution in [0.2, 0.25) is 0 Å². The summed E-state index contributed by atoms with van der Waals surface area (Å²) in [7, 11) is -2.83. The van der Waals surface area contributed by atoms with Crippen LogP contribution in [0.3, 0.4) is 0 Å². The quantitative estimate of drug-likeness (QED) is 0.272. The fraction of sp³-hybridized carbons (Fsp3) is 0.850. The fourth-order valence-corrected chi connectivity index (χ4v) is 6.79. The molecule has 5 nitrogen and oxygen atoms in total. The van der Waals surface area contributed by atoms with Crippen molar-refractivity contribution in [3.05, 3.63) is 12.7 Å². The molecule has 0 amide bonds. The highest BCUT2D eigenvalue weighted by Gasteiger charge is 2.36. The van der Waals surface area contributed by atoms with Crippen LogP contribution in [0.1, 0.15) is 57.8 Å². The van der Waals surface area contributed by atoms with Crippen LogP contribution in [0.4, 0.5) is 0 Å². The van der Waals surface area contributed by atoms with Gasteiger partial charge in [-0.3, -0.25) is 4.99 Å². The third-order valence-corrected chi connectivity index (χ3v) is 8.19. The molecule has 1 aliphatic carbocycles. The number of hydrogen-bond acceptors (Lipinski definition) is 3. The van der Waals surface area contributed by atoms with Crippen LogP contribution < -0.4 is 5.32 Å². The van der Waals surface area contributed by atoms with Crippen molar-refractivity contribution in [3.8, 4) is 0 Å². The van der Waals surface area contributed by atoms with Gasteiger partial charge in [0.25, 0.3) is 0 Å². The average Bonchev–Trinajstić information content (AvgIpc) is 2.82. The summed E-state index contributed by atoms with van der Waals surface area (Å²) in [6.45, 7) is 7.27. The van der Waals surface area contributed by atoms with Gasteiger partial charge in [-0.1, -0.05) is 31.8 Å². The molecule has 1 spiro atoms. The van der Waals surface area contributed by atoms with Gasteiger partial charge in [0.15, 0.2) is 15.8 Å². The lowest BCUT2D eigenvalue weighted by Gasteiger charge is -2.44. The minimum absolute atomic E-state index is 0. The van der Waals surface area contributed by atoms with Gasteiger partial charge in [0.05, 0.1) is 11.5 Å². The Labute approximate surface area is 182 Å². The Morgan fingerprint density at radius 2 is 1.89 bits per heavy atom. The Bertz CT molecular complexity index is 613. The maximum atomic E-state index is 11.7. The summed E-state index contributed by atoms with van der Waals surface area (Å²) in [6.07, 6.45) is 13.4. The van der Waals surface area contributed by atoms with Gasteiger partial charge in [0, 0.05) is 26.2 Å². The Balaban J connectivity index is 0.00000261. The lowest BCUT2D eigenvalue weighted by molar-refractivity contribution is 0.115. The molecular weight excluding hydrogens is 473 g/mol. The van der Waals surface area contributed by atoms with Crippen LogP contribution in [0.25, 0.3) is 0 Å². The van der Waals surface area contributed by atoms with Crippen LogP contribution in [-0.2, 0) is 9.84 Å². The van der Waals surface area contributed by atoms with E-state index in [-0.39, 0.29) is 29.9 Å². The molecule has 27 heavy (non-hydrogen) atoms. The van der Waals surface area contributed by atoms with E-state index in [2.05, 4.69) is 16.8 Å². The normalized spacial score (nSPS) is 27.6. The lowest BCUT2D eigenvalue weighted by Crippen LogP contribution is -2.50. The monoisotopic (exact) mass is 509 g/mol. The first-order valence-corrected chi connectivity index (χ1v) is 12.2. The molecule has 2 heterocycles. The third-order valence-electron chi connectivity index (χ3n) is 6.36. The van der Waals surface area contributed by atoms with Crippen molar-refractivity contribution in [2.75, 3.05) is 37.7 Å². The summed E-state index contributed by atoms with van der Waals surface area (Å²) in [5.74, 6) is 1.76. The first-order chi connectivity index (χ1) is 12.5. The molecule has 0 aromatic carbocycles. The first-order valence-electron chi connectivity index (χ1n) is 10.4. The Hall–Kier alpha value is -0.310. The van der Waals surface area contributed by atoms with Crippen molar-refractivity contribution in [2.45, 2.75) is 57.8 Å². The van der Waals surface area contributed by atoms with E-state index in [1.54, 1.807) is 0 Å². The van der Waals surface area contributed by atoms with Crippen LogP contribution in [0, 0.1) is 11.3 Å². The van der Waals surface area contributed by atoms with Crippen molar-refractivity contribution in [1.82, 2.24) is 10.2 Å². The lowest BCUT2D eigenvalue weighted by atomic mass is 9.74. The van der Waals surface area contributed by atoms with Crippen molar-refractivity contribution >= 4 is 39.8 Å². The number of aliphatic imine (C=N–C) groups is 1. The average molecular weight is 509 g/mol. The van der Waals surface area contributed by atoms with Gasteiger partial charge in [0.1, 0.15) is 0 Å². The zero-order chi connectivity index (χ0) is 18.5. The summed E-state index contributed by atoms with van der Waals surface area (Å²) in [5, 5.41) is 3.43. The number of guanidine groups is 1. The molecule has 1 saturated carbocycles. The van der Waals surface area contributed by atoms with E-state index in [1.165, 1.54) is 51.4 Å². The standard InChI is InChI=1S/C20H35N3O2S.HI/c1-2-12-21-19(22-15-18-8-14-26(24,25)16-18)23-13-7-11-20(17-23)9-5-3-4-6-10-20;/h2,18H,1,3-17H2,(H,21,22);1H. The molecule has 156 valence electrons. The van der Waals surface area contributed by atoms with E-state index in [1.807, 2.05) is 6.08 Å². The van der Waals surface area contributed by atoms with Crippen molar-refractivity contribution in [2.24, 2.45) is 16.3 Å². The Kier molecular flexibility index (Phi) is 8.90. The molecule has 3 fully saturated rings. The molecule has 0 aromatic heterocycles. The zero-order valence-electron chi connectivity index (χ0n) is 16.5. The SMILES string of the molecule is C=CCNC(=NCC1CCS(=O)(=O)C1)N1CCCC2(CCCCCC2)C1.I. The van der Waals surface area contributed by atoms with Crippen molar-refractivity contribution < 1.29 is 8.42 Å². The second-order valence-corrected chi connectivity index (χ2v) is 10.8. The molecular formula is C20H36IN3O2S. The molecule has 1 N–H and O–H groups in total. The van der Waals surface area contributed by atoms with Gasteiger partial charge in [-0.2, -0.15) is 0 Å². The van der Waals surface area contributed by atoms with E-state index < -0.39 is 9.84 Å². The molecule has 0 aromatic rings. The number of halogens is 1. The largest absolute Gasteiger partial charge is 0.353 e. The molecule has 3 rings (SSSR count). The van der Waals surface area contributed by atoms with Crippen LogP contribution in [-0.4, -0.2) is 57.0 Å². The zero-order valence-corrected chi connectivity index (χ0v) is 19.6. The minimum atomic E-state index is -2.83. The third kappa shape index (κ3) is 6.61. The van der Waals surface area contributed by atoms with Crippen LogP contribution >= 0.6 is 24.0 Å². The van der Waals surface area contributed by atoms with Gasteiger partial charge in [-0.05, 0) is 43.4 Å². The molecule has 7 heteroatoms. The number of nitrogens with zero attached hydrogens (tertiary/aromatic N) is 2. The van der Waals surface area contributed by atoms with E-state index in [0.717, 1.165) is 25.5 Å². The number of piperidine rings is 1. The van der Waals surface area contributed by atoms with Gasteiger partial charge in [-0.15, -0.1) is 30.6 Å². The molecule has 2 aliphatic heterocycles. The molecule has 0 radical (unpaired) electrons. The summed E-state index contributed by atoms with van der Waals surface area (Å²) >= 11 is 0. The minimum Gasteiger partial charge on any atom is -0.353 e. The molecule has 1 atom stereocenters. The predicted octanol–water partition coefficient (Wildman–Crippen LogP) is 3.61. The maximum Gasteiger partial charge on any atom is 0.194 e. The van der Waals surface area contributed by atoms with E-state index in [4.69, 9.17) is 4.99 Å². The number of rotatable bonds is 4. The Morgan fingerprint density at radius 1 is 1.19 bits per heavy atom. The molecule has 3 aliphatic rings. The number of likely N-dealkylation sites (tertiary alicyclic amines) is 1. The second-order valence-electron chi connectivity index (χ2n) is 8.54. The highest BCUT2D eigenvalue weighted by atomic mass is 127. The molecule has 0 bridgehead atoms. The summed E-state index contributed by atoms with van der Waals surface area (Å²) in [4.78, 5) is 7.29. The highest BCUT2D eigenvalue weighted by molar-refractivity contribution is 14.0. The fourth-order valence-electron chi connectivity index (χ4n) is 4.94. The van der Waals surface area contributed by atoms with Crippen molar-refractivity contribution in [1.29, 1.82) is 0 Å². The maximum absolute atomic E-state index is 11.7. The van der Waals surface area contributed by atoms with E-state index in [9.17, 15) is 8.42 Å². The number of nitrogens with one attached hydrogen (secondary N) is 1. The Morgan fingerprint density at radius 3 is 2.52 bits per heavy atom. The first kappa shape index (κ1) is 23.0. The summed E-state index contributed by atoms with van der Waals surface area (Å²) in [5.41, 5.74) is 0.460. The molecule has 2 saturated heterocycles. The van der Waals surface area contributed by atoms with Gasteiger partial charge in [-0.25, -0.2) is 8.42 Å². The van der Waals surface area contributed by atoms with E-state index >= 15 is 0 Å². The summed E-state index contributed by atoms with van der Waals surface area (Å²) in [6, 6.07) is 0. The highest BCUT2D eigenvalue weighted by Crippen LogP contribution is 2.42. The summed E-state index contributed by atoms with van der Waals surface area (Å²) < 4.78 is 23.4. The van der Waals surface area contributed by atoms with Crippen LogP contribution in [0.15, 0.2) is 17.6 Å². The number of hydrogen-bond donors (Lipinski definition) is 1. The number of sulfone groups is 1. The van der Waals surface area contributed by atoms with Gasteiger partial charge < -0.3 is 10.2 Å². The smallest absolute Gasteiger partial charge is 0.194 e. The van der Waals surface area contributed by atoms with Gasteiger partial charge in [0.2, 0.25) is 0 Å². The predicted molar refractivity (Wildman–Crippen MR) is 124 cm³/mol. The van der Waals surface area contributed by atoms with E-state index in [0.29, 0.717) is 30.0 Å². The van der Waals surface area contributed by atoms with Crippen LogP contribution in [0.5, 0.6) is 0 Å². The second kappa shape index (κ2) is 10.5. The molecule has 1 unspecified atom stereocenters.